The van der Waals surface area contributed by atoms with Crippen molar-refractivity contribution in [3.8, 4) is 11.3 Å². The van der Waals surface area contributed by atoms with Crippen molar-refractivity contribution in [2.45, 2.75) is 26.3 Å². The zero-order chi connectivity index (χ0) is 17.4. The lowest BCUT2D eigenvalue weighted by molar-refractivity contribution is 0.0525. The van der Waals surface area contributed by atoms with Crippen LogP contribution in [0.15, 0.2) is 42.7 Å². The van der Waals surface area contributed by atoms with Crippen molar-refractivity contribution in [2.75, 3.05) is 6.61 Å². The van der Waals surface area contributed by atoms with Crippen LogP contribution in [-0.4, -0.2) is 26.9 Å². The smallest absolute Gasteiger partial charge is 0.339 e. The van der Waals surface area contributed by atoms with Gasteiger partial charge >= 0.3 is 5.97 Å². The summed E-state index contributed by atoms with van der Waals surface area (Å²) < 4.78 is 9.22. The highest BCUT2D eigenvalue weighted by Gasteiger charge is 2.28. The molecule has 3 aromatic rings. The number of hydrogen-bond donors (Lipinski definition) is 0. The number of aryl methyl sites for hydroxylation is 2. The van der Waals surface area contributed by atoms with Gasteiger partial charge in [-0.05, 0) is 30.9 Å². The van der Waals surface area contributed by atoms with Gasteiger partial charge in [0.25, 0.3) is 0 Å². The topological polar surface area (TPSA) is 49.1 Å². The molecule has 0 N–H and O–H groups in total. The highest BCUT2D eigenvalue weighted by atomic mass is 16.5. The van der Waals surface area contributed by atoms with Crippen LogP contribution in [0.25, 0.3) is 11.3 Å². The Balaban J connectivity index is 1.71. The molecule has 5 heteroatoms. The first-order valence-electron chi connectivity index (χ1n) is 8.63. The van der Waals surface area contributed by atoms with Crippen molar-refractivity contribution in [2.24, 2.45) is 7.05 Å². The van der Waals surface area contributed by atoms with E-state index >= 15 is 0 Å². The summed E-state index contributed by atoms with van der Waals surface area (Å²) >= 11 is 0. The van der Waals surface area contributed by atoms with Crippen molar-refractivity contribution in [1.29, 1.82) is 0 Å². The molecule has 1 aromatic carbocycles. The fraction of sp³-hybridized carbons (Fsp3) is 0.300. The molecule has 0 amide bonds. The second-order valence-corrected chi connectivity index (χ2v) is 6.37. The number of nitrogens with zero attached hydrogens (tertiary/aromatic N) is 3. The van der Waals surface area contributed by atoms with E-state index < -0.39 is 0 Å². The standard InChI is InChI=1S/C20H21N3O2/c1-3-25-20(24)16-12-22(2)19-15(16)9-10-18-17(19)13-23(21-18)11-14-7-5-4-6-8-14/h4-8,12-13H,3,9-11H2,1-2H3. The van der Waals surface area contributed by atoms with Gasteiger partial charge < -0.3 is 9.30 Å². The first kappa shape index (κ1) is 15.7. The van der Waals surface area contributed by atoms with Crippen molar-refractivity contribution in [3.05, 3.63) is 65.1 Å². The molecule has 4 rings (SSSR count). The van der Waals surface area contributed by atoms with Gasteiger partial charge in [0, 0.05) is 25.0 Å². The van der Waals surface area contributed by atoms with E-state index in [1.165, 1.54) is 5.56 Å². The van der Waals surface area contributed by atoms with Crippen LogP contribution in [0.4, 0.5) is 0 Å². The second-order valence-electron chi connectivity index (χ2n) is 6.37. The fourth-order valence-electron chi connectivity index (χ4n) is 3.61. The summed E-state index contributed by atoms with van der Waals surface area (Å²) in [5.74, 6) is -0.237. The highest BCUT2D eigenvalue weighted by Crippen LogP contribution is 2.36. The molecule has 128 valence electrons. The maximum absolute atomic E-state index is 12.2. The van der Waals surface area contributed by atoms with Crippen molar-refractivity contribution in [3.63, 3.8) is 0 Å². The quantitative estimate of drug-likeness (QED) is 0.688. The van der Waals surface area contributed by atoms with Crippen LogP contribution >= 0.6 is 0 Å². The number of aromatic nitrogens is 3. The van der Waals surface area contributed by atoms with Gasteiger partial charge in [-0.3, -0.25) is 4.68 Å². The molecule has 5 nitrogen and oxygen atoms in total. The number of benzene rings is 1. The molecule has 0 radical (unpaired) electrons. The van der Waals surface area contributed by atoms with Gasteiger partial charge in [0.2, 0.25) is 0 Å². The van der Waals surface area contributed by atoms with Gasteiger partial charge in [0.15, 0.2) is 0 Å². The molecule has 2 heterocycles. The van der Waals surface area contributed by atoms with E-state index in [-0.39, 0.29) is 5.97 Å². The Morgan fingerprint density at radius 1 is 1.20 bits per heavy atom. The minimum atomic E-state index is -0.237. The summed E-state index contributed by atoms with van der Waals surface area (Å²) in [5, 5.41) is 4.76. The number of hydrogen-bond acceptors (Lipinski definition) is 3. The average Bonchev–Trinajstić information content (AvgIpc) is 3.16. The van der Waals surface area contributed by atoms with Crippen LogP contribution in [0, 0.1) is 0 Å². The van der Waals surface area contributed by atoms with Gasteiger partial charge in [-0.15, -0.1) is 0 Å². The van der Waals surface area contributed by atoms with Gasteiger partial charge in [-0.2, -0.15) is 5.10 Å². The minimum Gasteiger partial charge on any atom is -0.462 e. The predicted octanol–water partition coefficient (Wildman–Crippen LogP) is 3.21. The Morgan fingerprint density at radius 2 is 2.00 bits per heavy atom. The SMILES string of the molecule is CCOC(=O)c1cn(C)c2c1CCc1nn(Cc3ccccc3)cc1-2. The van der Waals surface area contributed by atoms with Gasteiger partial charge in [-0.25, -0.2) is 4.79 Å². The number of fused-ring (bicyclic) bond motifs is 3. The largest absolute Gasteiger partial charge is 0.462 e. The second kappa shape index (κ2) is 6.24. The number of ether oxygens (including phenoxy) is 1. The van der Waals surface area contributed by atoms with E-state index in [1.807, 2.05) is 47.6 Å². The third-order valence-corrected chi connectivity index (χ3v) is 4.67. The van der Waals surface area contributed by atoms with Gasteiger partial charge in [-0.1, -0.05) is 30.3 Å². The maximum Gasteiger partial charge on any atom is 0.339 e. The summed E-state index contributed by atoms with van der Waals surface area (Å²) in [6, 6.07) is 10.3. The van der Waals surface area contributed by atoms with Crippen LogP contribution in [-0.2, 0) is 31.2 Å². The van der Waals surface area contributed by atoms with Crippen LogP contribution in [0.5, 0.6) is 0 Å². The molecule has 0 atom stereocenters. The van der Waals surface area contributed by atoms with Crippen LogP contribution < -0.4 is 0 Å². The Kier molecular flexibility index (Phi) is 3.92. The fourth-order valence-corrected chi connectivity index (χ4v) is 3.61. The van der Waals surface area contributed by atoms with Crippen LogP contribution in [0.3, 0.4) is 0 Å². The number of rotatable bonds is 4. The molecule has 1 aliphatic rings. The number of carbonyl (C=O) groups excluding carboxylic acids is 1. The number of esters is 1. The molecule has 0 saturated heterocycles. The van der Waals surface area contributed by atoms with E-state index in [0.29, 0.717) is 12.2 Å². The van der Waals surface area contributed by atoms with Crippen LogP contribution in [0.2, 0.25) is 0 Å². The number of carbonyl (C=O) groups is 1. The van der Waals surface area contributed by atoms with E-state index in [1.54, 1.807) is 0 Å². The summed E-state index contributed by atoms with van der Waals surface area (Å²) in [4.78, 5) is 12.2. The Morgan fingerprint density at radius 3 is 2.76 bits per heavy atom. The molecule has 0 bridgehead atoms. The molecular weight excluding hydrogens is 314 g/mol. The predicted molar refractivity (Wildman–Crippen MR) is 95.5 cm³/mol. The molecule has 0 spiro atoms. The normalized spacial score (nSPS) is 12.6. The van der Waals surface area contributed by atoms with E-state index in [9.17, 15) is 4.79 Å². The van der Waals surface area contributed by atoms with E-state index in [0.717, 1.165) is 41.9 Å². The summed E-state index contributed by atoms with van der Waals surface area (Å²) in [5.41, 5.74) is 6.29. The lowest BCUT2D eigenvalue weighted by atomic mass is 9.93. The zero-order valence-electron chi connectivity index (χ0n) is 14.5. The summed E-state index contributed by atoms with van der Waals surface area (Å²) in [6.45, 7) is 2.97. The van der Waals surface area contributed by atoms with Crippen molar-refractivity contribution >= 4 is 5.97 Å². The third-order valence-electron chi connectivity index (χ3n) is 4.67. The van der Waals surface area contributed by atoms with E-state index in [2.05, 4.69) is 18.3 Å². The molecule has 0 aliphatic heterocycles. The molecule has 0 fully saturated rings. The molecule has 25 heavy (non-hydrogen) atoms. The van der Waals surface area contributed by atoms with Gasteiger partial charge in [0.1, 0.15) is 0 Å². The molecule has 1 aliphatic carbocycles. The molecule has 0 saturated carbocycles. The van der Waals surface area contributed by atoms with Crippen LogP contribution in [0.1, 0.15) is 34.1 Å². The molecular formula is C20H21N3O2. The minimum absolute atomic E-state index is 0.237. The molecule has 2 aromatic heterocycles. The monoisotopic (exact) mass is 335 g/mol. The Hall–Kier alpha value is -2.82. The Labute approximate surface area is 146 Å². The summed E-state index contributed by atoms with van der Waals surface area (Å²) in [6.07, 6.45) is 5.64. The van der Waals surface area contributed by atoms with Gasteiger partial charge in [0.05, 0.1) is 30.1 Å². The van der Waals surface area contributed by atoms with Crippen molar-refractivity contribution < 1.29 is 9.53 Å². The highest BCUT2D eigenvalue weighted by molar-refractivity contribution is 5.94. The lowest BCUT2D eigenvalue weighted by Gasteiger charge is -2.13. The Bertz CT molecular complexity index is 922. The molecule has 0 unspecified atom stereocenters. The van der Waals surface area contributed by atoms with E-state index in [4.69, 9.17) is 9.84 Å². The lowest BCUT2D eigenvalue weighted by Crippen LogP contribution is -2.10. The first-order valence-corrected chi connectivity index (χ1v) is 8.63. The zero-order valence-corrected chi connectivity index (χ0v) is 14.5. The maximum atomic E-state index is 12.2. The van der Waals surface area contributed by atoms with Crippen molar-refractivity contribution in [1.82, 2.24) is 14.3 Å². The summed E-state index contributed by atoms with van der Waals surface area (Å²) in [7, 11) is 1.98. The third kappa shape index (κ3) is 2.76. The first-order chi connectivity index (χ1) is 12.2. The average molecular weight is 335 g/mol.